The first-order chi connectivity index (χ1) is 4.22. The Bertz CT molecular complexity index is 237. The summed E-state index contributed by atoms with van der Waals surface area (Å²) < 4.78 is 4.38. The van der Waals surface area contributed by atoms with Crippen molar-refractivity contribution in [2.75, 3.05) is 0 Å². The van der Waals surface area contributed by atoms with E-state index in [2.05, 4.69) is 9.68 Å². The van der Waals surface area contributed by atoms with Crippen LogP contribution in [0.25, 0.3) is 0 Å². The number of aryl methyl sites for hydroxylation is 1. The molecule has 1 heterocycles. The summed E-state index contributed by atoms with van der Waals surface area (Å²) in [6.45, 7) is 1.58. The normalized spacial score (nSPS) is 8.50. The molecule has 0 unspecified atom stereocenters. The predicted molar refractivity (Wildman–Crippen MR) is 29.3 cm³/mol. The van der Waals surface area contributed by atoms with E-state index < -0.39 is 5.97 Å². The molecular weight excluding hydrogens is 145 g/mol. The molecule has 0 aliphatic carbocycles. The first-order valence-corrected chi connectivity index (χ1v) is 2.36. The average molecular weight is 151 g/mol. The predicted octanol–water partition coefficient (Wildman–Crippen LogP) is -2.20. The van der Waals surface area contributed by atoms with Gasteiger partial charge in [0.15, 0.2) is 0 Å². The Morgan fingerprint density at radius 3 is 2.70 bits per heavy atom. The van der Waals surface area contributed by atoms with Crippen LogP contribution in [-0.2, 0) is 0 Å². The third-order valence-corrected chi connectivity index (χ3v) is 0.980. The molecule has 1 N–H and O–H groups in total. The molecule has 0 fully saturated rings. The Kier molecular flexibility index (Phi) is 3.63. The molecule has 0 saturated carbocycles. The van der Waals surface area contributed by atoms with Crippen molar-refractivity contribution in [3.8, 4) is 0 Å². The van der Waals surface area contributed by atoms with Crippen LogP contribution in [-0.4, -0.2) is 16.2 Å². The zero-order valence-corrected chi connectivity index (χ0v) is 7.79. The molecule has 1 aromatic heterocycles. The van der Waals surface area contributed by atoms with Crippen LogP contribution in [0.15, 0.2) is 10.8 Å². The van der Waals surface area contributed by atoms with Crippen LogP contribution in [0.1, 0.15) is 17.5 Å². The molecule has 0 aromatic carbocycles. The molecule has 10 heavy (non-hydrogen) atoms. The zero-order chi connectivity index (χ0) is 6.85. The summed E-state index contributed by atoms with van der Waals surface area (Å²) in [5.41, 5.74) is 0.525. The molecule has 0 amide bonds. The van der Waals surface area contributed by atoms with Gasteiger partial charge in [0.25, 0.3) is 0 Å². The number of carbonyl (C=O) groups is 1. The molecule has 0 atom stereocenters. The van der Waals surface area contributed by atoms with E-state index in [0.29, 0.717) is 5.69 Å². The second kappa shape index (κ2) is 3.75. The SMILES string of the molecule is Cc1nocc1C(=O)O.[H-].[Na+]. The Morgan fingerprint density at radius 2 is 2.50 bits per heavy atom. The van der Waals surface area contributed by atoms with Crippen molar-refractivity contribution < 1.29 is 45.4 Å². The fourth-order valence-electron chi connectivity index (χ4n) is 0.498. The van der Waals surface area contributed by atoms with Gasteiger partial charge < -0.3 is 11.1 Å². The van der Waals surface area contributed by atoms with Gasteiger partial charge in [0.1, 0.15) is 11.8 Å². The van der Waals surface area contributed by atoms with Gasteiger partial charge in [-0.3, -0.25) is 0 Å². The zero-order valence-electron chi connectivity index (χ0n) is 6.79. The number of aromatic carboxylic acids is 1. The monoisotopic (exact) mass is 151 g/mol. The van der Waals surface area contributed by atoms with Crippen LogP contribution in [0.5, 0.6) is 0 Å². The van der Waals surface area contributed by atoms with Crippen molar-refractivity contribution in [2.24, 2.45) is 0 Å². The summed E-state index contributed by atoms with van der Waals surface area (Å²) in [6.07, 6.45) is 1.11. The number of nitrogens with zero attached hydrogens (tertiary/aromatic N) is 1. The molecule has 0 saturated heterocycles. The van der Waals surface area contributed by atoms with E-state index in [0.717, 1.165) is 6.26 Å². The number of hydrogen-bond acceptors (Lipinski definition) is 3. The van der Waals surface area contributed by atoms with Gasteiger partial charge in [0.05, 0.1) is 5.69 Å². The van der Waals surface area contributed by atoms with Crippen molar-refractivity contribution in [3.63, 3.8) is 0 Å². The molecule has 0 spiro atoms. The van der Waals surface area contributed by atoms with Gasteiger partial charge >= 0.3 is 35.5 Å². The number of carboxylic acids is 1. The number of carboxylic acid groups (broad SMARTS) is 1. The maximum atomic E-state index is 10.2. The minimum Gasteiger partial charge on any atom is -1.00 e. The molecule has 5 heteroatoms. The van der Waals surface area contributed by atoms with Gasteiger partial charge in [-0.2, -0.15) is 0 Å². The van der Waals surface area contributed by atoms with E-state index in [-0.39, 0.29) is 36.5 Å². The fourth-order valence-corrected chi connectivity index (χ4v) is 0.498. The summed E-state index contributed by atoms with van der Waals surface area (Å²) >= 11 is 0. The Balaban J connectivity index is 0. The maximum Gasteiger partial charge on any atom is 1.00 e. The van der Waals surface area contributed by atoms with E-state index >= 15 is 0 Å². The number of aromatic nitrogens is 1. The van der Waals surface area contributed by atoms with E-state index in [1.165, 1.54) is 0 Å². The van der Waals surface area contributed by atoms with Crippen molar-refractivity contribution in [2.45, 2.75) is 6.92 Å². The topological polar surface area (TPSA) is 63.3 Å². The van der Waals surface area contributed by atoms with Crippen molar-refractivity contribution >= 4 is 5.97 Å². The summed E-state index contributed by atoms with van der Waals surface area (Å²) in [7, 11) is 0. The molecular formula is C5H6NNaO3. The second-order valence-electron chi connectivity index (χ2n) is 1.62. The van der Waals surface area contributed by atoms with Gasteiger partial charge in [-0.15, -0.1) is 0 Å². The Labute approximate surface area is 81.0 Å². The fraction of sp³-hybridized carbons (Fsp3) is 0.200. The Morgan fingerprint density at radius 1 is 1.90 bits per heavy atom. The number of rotatable bonds is 1. The molecule has 0 radical (unpaired) electrons. The largest absolute Gasteiger partial charge is 1.00 e. The van der Waals surface area contributed by atoms with Gasteiger partial charge in [0.2, 0.25) is 0 Å². The summed E-state index contributed by atoms with van der Waals surface area (Å²) in [5.74, 6) is -1.01. The van der Waals surface area contributed by atoms with Crippen molar-refractivity contribution in [1.82, 2.24) is 5.16 Å². The summed E-state index contributed by atoms with van der Waals surface area (Å²) in [4.78, 5) is 10.2. The molecule has 4 nitrogen and oxygen atoms in total. The standard InChI is InChI=1S/C5H5NO3.Na.H/c1-3-4(5(7)8)2-9-6-3;;/h2H,1H3,(H,7,8);;/q;+1;-1. The summed E-state index contributed by atoms with van der Waals surface area (Å²) in [6, 6.07) is 0. The first-order valence-electron chi connectivity index (χ1n) is 2.36. The molecule has 0 aliphatic heterocycles. The first kappa shape index (κ1) is 9.68. The Hall–Kier alpha value is -0.320. The van der Waals surface area contributed by atoms with Gasteiger partial charge in [-0.25, -0.2) is 4.79 Å². The van der Waals surface area contributed by atoms with Crippen LogP contribution in [0.2, 0.25) is 0 Å². The van der Waals surface area contributed by atoms with Gasteiger partial charge in [-0.1, -0.05) is 5.16 Å². The molecule has 0 aliphatic rings. The van der Waals surface area contributed by atoms with Gasteiger partial charge in [-0.05, 0) is 6.92 Å². The minimum atomic E-state index is -1.01. The quantitative estimate of drug-likeness (QED) is 0.462. The molecule has 1 rings (SSSR count). The molecule has 50 valence electrons. The van der Waals surface area contributed by atoms with Crippen molar-refractivity contribution in [1.29, 1.82) is 0 Å². The van der Waals surface area contributed by atoms with E-state index in [1.54, 1.807) is 6.92 Å². The minimum absolute atomic E-state index is 0. The van der Waals surface area contributed by atoms with Crippen LogP contribution < -0.4 is 29.6 Å². The molecule has 1 aromatic rings. The third kappa shape index (κ3) is 1.83. The van der Waals surface area contributed by atoms with E-state index in [4.69, 9.17) is 5.11 Å². The maximum absolute atomic E-state index is 10.2. The van der Waals surface area contributed by atoms with Crippen LogP contribution in [0.4, 0.5) is 0 Å². The second-order valence-corrected chi connectivity index (χ2v) is 1.62. The smallest absolute Gasteiger partial charge is 1.00 e. The third-order valence-electron chi connectivity index (χ3n) is 0.980. The van der Waals surface area contributed by atoms with Crippen molar-refractivity contribution in [3.05, 3.63) is 17.5 Å². The average Bonchev–Trinajstić information content (AvgIpc) is 2.13. The van der Waals surface area contributed by atoms with E-state index in [1.807, 2.05) is 0 Å². The van der Waals surface area contributed by atoms with Gasteiger partial charge in [0, 0.05) is 0 Å². The molecule has 0 bridgehead atoms. The van der Waals surface area contributed by atoms with Crippen LogP contribution in [0.3, 0.4) is 0 Å². The summed E-state index contributed by atoms with van der Waals surface area (Å²) in [5, 5.41) is 11.7. The van der Waals surface area contributed by atoms with E-state index in [9.17, 15) is 4.79 Å². The van der Waals surface area contributed by atoms with Crippen LogP contribution >= 0.6 is 0 Å². The van der Waals surface area contributed by atoms with Crippen LogP contribution in [0, 0.1) is 6.92 Å². The number of hydrogen-bond donors (Lipinski definition) is 1.